The van der Waals surface area contributed by atoms with E-state index in [0.29, 0.717) is 18.0 Å². The Balaban J connectivity index is 1.60. The zero-order chi connectivity index (χ0) is 26.3. The van der Waals surface area contributed by atoms with Crippen LogP contribution in [-0.4, -0.2) is 68.2 Å². The van der Waals surface area contributed by atoms with E-state index in [9.17, 15) is 19.8 Å². The highest BCUT2D eigenvalue weighted by Gasteiger charge is 2.55. The molecule has 2 saturated heterocycles. The van der Waals surface area contributed by atoms with Crippen LogP contribution in [0.1, 0.15) is 71.9 Å². The van der Waals surface area contributed by atoms with Crippen molar-refractivity contribution in [3.63, 3.8) is 0 Å². The molecule has 3 heterocycles. The van der Waals surface area contributed by atoms with Crippen LogP contribution in [0.5, 0.6) is 0 Å². The lowest BCUT2D eigenvalue weighted by atomic mass is 9.60. The van der Waals surface area contributed by atoms with Gasteiger partial charge in [0.2, 0.25) is 0 Å². The molecule has 9 heteroatoms. The molecule has 2 aliphatic heterocycles. The Labute approximate surface area is 217 Å². The van der Waals surface area contributed by atoms with Gasteiger partial charge in [0.05, 0.1) is 41.4 Å². The summed E-state index contributed by atoms with van der Waals surface area (Å²) in [6.45, 7) is 7.41. The summed E-state index contributed by atoms with van der Waals surface area (Å²) in [7, 11) is 0. The highest BCUT2D eigenvalue weighted by atomic mass is 32.2. The second-order valence-corrected chi connectivity index (χ2v) is 11.9. The number of rotatable bonds is 3. The summed E-state index contributed by atoms with van der Waals surface area (Å²) in [4.78, 5) is 34.9. The predicted octanol–water partition coefficient (Wildman–Crippen LogP) is 3.59. The number of thioether (sulfide) groups is 1. The highest BCUT2D eigenvalue weighted by Crippen LogP contribution is 2.48. The van der Waals surface area contributed by atoms with Gasteiger partial charge in [-0.25, -0.2) is 9.97 Å². The Hall–Kier alpha value is -1.81. The first kappa shape index (κ1) is 27.2. The maximum Gasteiger partial charge on any atom is 0.309 e. The lowest BCUT2D eigenvalue weighted by molar-refractivity contribution is -0.161. The van der Waals surface area contributed by atoms with Gasteiger partial charge in [-0.05, 0) is 63.0 Å². The summed E-state index contributed by atoms with van der Waals surface area (Å²) in [6, 6.07) is 1.80. The van der Waals surface area contributed by atoms with E-state index < -0.39 is 35.6 Å². The summed E-state index contributed by atoms with van der Waals surface area (Å²) in [6.07, 6.45) is 5.93. The second kappa shape index (κ2) is 10.5. The number of aromatic nitrogens is 2. The SMILES string of the molecule is CSc1nccc(/C=C(\C)[C@@H]2C[C@@H]3O[C@]3(C)CCC[C@@H]3C[C@@](C)(C(=O)[C@H](C)[C@H]3O)[C@@H](O)CC(=O)O2)n1. The van der Waals surface area contributed by atoms with Crippen LogP contribution in [0.3, 0.4) is 0 Å². The Kier molecular flexibility index (Phi) is 7.95. The molecule has 3 fully saturated rings. The molecule has 0 aromatic carbocycles. The molecule has 8 atom stereocenters. The minimum Gasteiger partial charge on any atom is -0.458 e. The van der Waals surface area contributed by atoms with E-state index in [2.05, 4.69) is 16.9 Å². The molecule has 0 radical (unpaired) electrons. The fourth-order valence-corrected chi connectivity index (χ4v) is 6.28. The molecule has 0 spiro atoms. The maximum atomic E-state index is 13.1. The number of epoxide rings is 1. The lowest BCUT2D eigenvalue weighted by Gasteiger charge is -2.45. The van der Waals surface area contributed by atoms with Gasteiger partial charge in [-0.1, -0.05) is 32.0 Å². The molecule has 8 nitrogen and oxygen atoms in total. The van der Waals surface area contributed by atoms with Crippen molar-refractivity contribution in [2.24, 2.45) is 17.3 Å². The molecular formula is C27H38N2O6S. The fraction of sp³-hybridized carbons (Fsp3) is 0.704. The second-order valence-electron chi connectivity index (χ2n) is 11.1. The number of nitrogens with zero attached hydrogens (tertiary/aromatic N) is 2. The van der Waals surface area contributed by atoms with Gasteiger partial charge in [-0.3, -0.25) is 9.59 Å². The Bertz CT molecular complexity index is 1030. The van der Waals surface area contributed by atoms with Crippen molar-refractivity contribution < 1.29 is 29.3 Å². The lowest BCUT2D eigenvalue weighted by Crippen LogP contribution is -2.54. The monoisotopic (exact) mass is 518 g/mol. The minimum atomic E-state index is -1.18. The summed E-state index contributed by atoms with van der Waals surface area (Å²) in [5, 5.41) is 22.5. The summed E-state index contributed by atoms with van der Waals surface area (Å²) < 4.78 is 12.0. The number of ether oxygens (including phenoxy) is 2. The molecule has 1 saturated carbocycles. The van der Waals surface area contributed by atoms with Gasteiger partial charge < -0.3 is 19.7 Å². The van der Waals surface area contributed by atoms with Crippen LogP contribution < -0.4 is 0 Å². The van der Waals surface area contributed by atoms with Crippen LogP contribution in [0.2, 0.25) is 0 Å². The average molecular weight is 519 g/mol. The number of aliphatic hydroxyl groups excluding tert-OH is 2. The number of esters is 1. The first-order valence-corrected chi connectivity index (χ1v) is 14.0. The van der Waals surface area contributed by atoms with Crippen molar-refractivity contribution in [3.8, 4) is 0 Å². The highest BCUT2D eigenvalue weighted by molar-refractivity contribution is 7.98. The number of Topliss-reactive ketones (excluding diaryl/α,β-unsaturated/α-hetero) is 1. The van der Waals surface area contributed by atoms with Crippen molar-refractivity contribution in [3.05, 3.63) is 23.5 Å². The fourth-order valence-electron chi connectivity index (χ4n) is 5.92. The molecule has 2 N–H and O–H groups in total. The van der Waals surface area contributed by atoms with E-state index in [0.717, 1.165) is 30.5 Å². The number of hydrogen-bond acceptors (Lipinski definition) is 9. The minimum absolute atomic E-state index is 0.0549. The van der Waals surface area contributed by atoms with Crippen LogP contribution in [0.4, 0.5) is 0 Å². The van der Waals surface area contributed by atoms with Crippen molar-refractivity contribution in [1.29, 1.82) is 0 Å². The van der Waals surface area contributed by atoms with Gasteiger partial charge in [-0.2, -0.15) is 0 Å². The molecule has 1 aromatic rings. The first-order chi connectivity index (χ1) is 17.0. The third-order valence-corrected chi connectivity index (χ3v) is 9.02. The summed E-state index contributed by atoms with van der Waals surface area (Å²) >= 11 is 1.45. The summed E-state index contributed by atoms with van der Waals surface area (Å²) in [5.74, 6) is -1.47. The zero-order valence-electron chi connectivity index (χ0n) is 21.8. The van der Waals surface area contributed by atoms with Crippen LogP contribution in [0.25, 0.3) is 6.08 Å². The van der Waals surface area contributed by atoms with E-state index >= 15 is 0 Å². The van der Waals surface area contributed by atoms with E-state index in [4.69, 9.17) is 9.47 Å². The standard InChI is InChI=1S/C27H38N2O6S/c1-15(11-18-8-10-28-25(29-18)36-5)19-12-21-27(4,35-21)9-6-7-17-14-26(3,20(30)13-22(31)34-19)24(33)16(2)23(17)32/h8,10-11,16-17,19-21,23,30,32H,6-7,9,12-14H2,1-5H3/b15-11+/t16-,17-,19+,20+,21+,23-,26-,27-/m1/s1. The largest absolute Gasteiger partial charge is 0.458 e. The number of fused-ring (bicyclic) bond motifs is 3. The van der Waals surface area contributed by atoms with Crippen LogP contribution in [0, 0.1) is 17.3 Å². The Morgan fingerprint density at radius 3 is 2.75 bits per heavy atom. The Morgan fingerprint density at radius 1 is 1.28 bits per heavy atom. The zero-order valence-corrected chi connectivity index (χ0v) is 22.6. The molecule has 2 bridgehead atoms. The average Bonchev–Trinajstić information content (AvgIpc) is 3.48. The van der Waals surface area contributed by atoms with Crippen molar-refractivity contribution in [2.75, 3.05) is 6.26 Å². The summed E-state index contributed by atoms with van der Waals surface area (Å²) in [5.41, 5.74) is 0.135. The van der Waals surface area contributed by atoms with Crippen LogP contribution in [0.15, 0.2) is 23.0 Å². The van der Waals surface area contributed by atoms with Gasteiger partial charge in [0, 0.05) is 18.5 Å². The molecule has 0 unspecified atom stereocenters. The molecule has 36 heavy (non-hydrogen) atoms. The Morgan fingerprint density at radius 2 is 2.03 bits per heavy atom. The quantitative estimate of drug-likeness (QED) is 0.267. The first-order valence-electron chi connectivity index (χ1n) is 12.8. The number of ketones is 1. The van der Waals surface area contributed by atoms with Gasteiger partial charge in [-0.15, -0.1) is 0 Å². The topological polar surface area (TPSA) is 122 Å². The molecule has 4 rings (SSSR count). The number of cyclic esters (lactones) is 1. The van der Waals surface area contributed by atoms with Gasteiger partial charge in [0.1, 0.15) is 11.9 Å². The molecule has 1 aliphatic carbocycles. The van der Waals surface area contributed by atoms with E-state index in [1.54, 1.807) is 26.1 Å². The van der Waals surface area contributed by atoms with Crippen molar-refractivity contribution >= 4 is 29.6 Å². The van der Waals surface area contributed by atoms with Gasteiger partial charge in [0.25, 0.3) is 0 Å². The molecule has 3 aliphatic rings. The van der Waals surface area contributed by atoms with E-state index in [1.165, 1.54) is 11.8 Å². The van der Waals surface area contributed by atoms with E-state index in [-0.39, 0.29) is 29.8 Å². The molecule has 0 amide bonds. The predicted molar refractivity (Wildman–Crippen MR) is 136 cm³/mol. The smallest absolute Gasteiger partial charge is 0.309 e. The van der Waals surface area contributed by atoms with Crippen LogP contribution >= 0.6 is 11.8 Å². The molecule has 1 aromatic heterocycles. The maximum absolute atomic E-state index is 13.1. The molecule has 198 valence electrons. The van der Waals surface area contributed by atoms with Crippen molar-refractivity contribution in [2.45, 2.75) is 101 Å². The number of carbonyl (C=O) groups excluding carboxylic acids is 2. The number of aliphatic hydroxyl groups is 2. The third-order valence-electron chi connectivity index (χ3n) is 8.46. The van der Waals surface area contributed by atoms with Crippen LogP contribution in [-0.2, 0) is 19.1 Å². The normalized spacial score (nSPS) is 40.1. The van der Waals surface area contributed by atoms with Crippen molar-refractivity contribution in [1.82, 2.24) is 9.97 Å². The van der Waals surface area contributed by atoms with Gasteiger partial charge in [0.15, 0.2) is 5.16 Å². The number of hydrogen-bond donors (Lipinski definition) is 2. The van der Waals surface area contributed by atoms with Gasteiger partial charge >= 0.3 is 5.97 Å². The number of carbonyl (C=O) groups is 2. The third kappa shape index (κ3) is 5.54. The van der Waals surface area contributed by atoms with E-state index in [1.807, 2.05) is 19.3 Å². The molecular weight excluding hydrogens is 480 g/mol.